The van der Waals surface area contributed by atoms with E-state index < -0.39 is 0 Å². The fourth-order valence-electron chi connectivity index (χ4n) is 1.71. The summed E-state index contributed by atoms with van der Waals surface area (Å²) in [6.45, 7) is 0. The summed E-state index contributed by atoms with van der Waals surface area (Å²) in [5.41, 5.74) is 5.87. The van der Waals surface area contributed by atoms with Crippen LogP contribution in [0.1, 0.15) is 23.3 Å². The molecule has 2 rings (SSSR count). The fourth-order valence-corrected chi connectivity index (χ4v) is 1.71. The Hall–Kier alpha value is -1.62. The molecule has 1 aliphatic carbocycles. The molecule has 0 atom stereocenters. The molecule has 16 heavy (non-hydrogen) atoms. The second-order valence-electron chi connectivity index (χ2n) is 3.95. The van der Waals surface area contributed by atoms with E-state index >= 15 is 0 Å². The first-order valence-corrected chi connectivity index (χ1v) is 5.25. The van der Waals surface area contributed by atoms with Gasteiger partial charge in [-0.1, -0.05) is 6.07 Å². The molecule has 0 radical (unpaired) electrons. The smallest absolute Gasteiger partial charge is 0.270 e. The summed E-state index contributed by atoms with van der Waals surface area (Å²) >= 11 is 0. The molecule has 5 heteroatoms. The maximum absolute atomic E-state index is 11.7. The molecule has 86 valence electrons. The van der Waals surface area contributed by atoms with E-state index in [1.54, 1.807) is 25.3 Å². The van der Waals surface area contributed by atoms with Crippen molar-refractivity contribution in [1.29, 1.82) is 0 Å². The first-order valence-electron chi connectivity index (χ1n) is 5.25. The minimum atomic E-state index is -0.174. The van der Waals surface area contributed by atoms with Crippen molar-refractivity contribution in [3.8, 4) is 0 Å². The van der Waals surface area contributed by atoms with Gasteiger partial charge in [0, 0.05) is 13.2 Å². The zero-order valence-corrected chi connectivity index (χ0v) is 9.14. The van der Waals surface area contributed by atoms with Crippen LogP contribution in [0.3, 0.4) is 0 Å². The largest absolute Gasteiger partial charge is 0.384 e. The molecule has 1 fully saturated rings. The van der Waals surface area contributed by atoms with Crippen molar-refractivity contribution in [2.24, 2.45) is 0 Å². The molecule has 1 aliphatic rings. The number of rotatable bonds is 3. The fraction of sp³-hybridized carbons (Fsp3) is 0.455. The van der Waals surface area contributed by atoms with Gasteiger partial charge >= 0.3 is 0 Å². The Balaban J connectivity index is 1.89. The lowest BCUT2D eigenvalue weighted by atomic mass is 9.89. The summed E-state index contributed by atoms with van der Waals surface area (Å²) in [4.78, 5) is 15.7. The Labute approximate surface area is 94.0 Å². The third-order valence-corrected chi connectivity index (χ3v) is 2.77. The van der Waals surface area contributed by atoms with Crippen LogP contribution in [0.4, 0.5) is 5.82 Å². The Morgan fingerprint density at radius 2 is 2.31 bits per heavy atom. The number of ether oxygens (including phenoxy) is 1. The molecule has 0 aromatic carbocycles. The van der Waals surface area contributed by atoms with Gasteiger partial charge in [0.25, 0.3) is 5.91 Å². The number of nitrogens with one attached hydrogen (secondary N) is 1. The van der Waals surface area contributed by atoms with Gasteiger partial charge < -0.3 is 15.8 Å². The number of aromatic nitrogens is 1. The predicted molar refractivity (Wildman–Crippen MR) is 59.9 cm³/mol. The number of pyridine rings is 1. The van der Waals surface area contributed by atoms with Crippen LogP contribution in [0.15, 0.2) is 18.2 Å². The minimum absolute atomic E-state index is 0.174. The summed E-state index contributed by atoms with van der Waals surface area (Å²) in [5, 5.41) is 2.89. The Kier molecular flexibility index (Phi) is 3.05. The molecule has 1 saturated carbocycles. The molecule has 0 unspecified atom stereocenters. The van der Waals surface area contributed by atoms with Crippen molar-refractivity contribution in [2.45, 2.75) is 25.0 Å². The highest BCUT2D eigenvalue weighted by Gasteiger charge is 2.30. The van der Waals surface area contributed by atoms with E-state index in [0.717, 1.165) is 12.8 Å². The molecule has 0 bridgehead atoms. The van der Waals surface area contributed by atoms with Gasteiger partial charge in [-0.15, -0.1) is 0 Å². The number of carbonyl (C=O) groups excluding carboxylic acids is 1. The van der Waals surface area contributed by atoms with Crippen molar-refractivity contribution in [1.82, 2.24) is 10.3 Å². The van der Waals surface area contributed by atoms with Crippen molar-refractivity contribution >= 4 is 11.7 Å². The van der Waals surface area contributed by atoms with Crippen LogP contribution in [0.2, 0.25) is 0 Å². The number of methoxy groups -OCH3 is 1. The standard InChI is InChI=1S/C11H15N3O2/c1-16-8-5-7(6-8)13-11(15)9-3-2-4-10(12)14-9/h2-4,7-8H,5-6H2,1H3,(H2,12,14)(H,13,15). The van der Waals surface area contributed by atoms with Gasteiger partial charge in [0.2, 0.25) is 0 Å². The molecular weight excluding hydrogens is 206 g/mol. The van der Waals surface area contributed by atoms with Gasteiger partial charge in [0.15, 0.2) is 0 Å². The van der Waals surface area contributed by atoms with Crippen LogP contribution in [0.25, 0.3) is 0 Å². The molecule has 1 aromatic heterocycles. The number of hydrogen-bond donors (Lipinski definition) is 2. The van der Waals surface area contributed by atoms with Crippen LogP contribution < -0.4 is 11.1 Å². The van der Waals surface area contributed by atoms with E-state index in [2.05, 4.69) is 10.3 Å². The normalized spacial score (nSPS) is 23.6. The number of amides is 1. The topological polar surface area (TPSA) is 77.2 Å². The average Bonchev–Trinajstić information content (AvgIpc) is 2.22. The lowest BCUT2D eigenvalue weighted by Gasteiger charge is -2.34. The van der Waals surface area contributed by atoms with E-state index in [1.807, 2.05) is 0 Å². The number of anilines is 1. The Bertz CT molecular complexity index is 389. The summed E-state index contributed by atoms with van der Waals surface area (Å²) in [7, 11) is 1.68. The minimum Gasteiger partial charge on any atom is -0.384 e. The third-order valence-electron chi connectivity index (χ3n) is 2.77. The van der Waals surface area contributed by atoms with Crippen molar-refractivity contribution in [3.05, 3.63) is 23.9 Å². The van der Waals surface area contributed by atoms with Crippen LogP contribution in [-0.2, 0) is 4.74 Å². The maximum atomic E-state index is 11.7. The molecule has 1 heterocycles. The Morgan fingerprint density at radius 1 is 1.56 bits per heavy atom. The second kappa shape index (κ2) is 4.49. The van der Waals surface area contributed by atoms with E-state index in [4.69, 9.17) is 10.5 Å². The molecule has 0 saturated heterocycles. The van der Waals surface area contributed by atoms with Gasteiger partial charge in [-0.3, -0.25) is 4.79 Å². The number of nitrogens with zero attached hydrogens (tertiary/aromatic N) is 1. The van der Waals surface area contributed by atoms with Crippen LogP contribution in [0, 0.1) is 0 Å². The number of hydrogen-bond acceptors (Lipinski definition) is 4. The summed E-state index contributed by atoms with van der Waals surface area (Å²) in [6, 6.07) is 5.22. The zero-order chi connectivity index (χ0) is 11.5. The molecular formula is C11H15N3O2. The van der Waals surface area contributed by atoms with E-state index in [1.165, 1.54) is 0 Å². The first kappa shape index (κ1) is 10.9. The highest BCUT2D eigenvalue weighted by atomic mass is 16.5. The van der Waals surface area contributed by atoms with Crippen LogP contribution >= 0.6 is 0 Å². The summed E-state index contributed by atoms with van der Waals surface area (Å²) < 4.78 is 5.14. The molecule has 0 aliphatic heterocycles. The van der Waals surface area contributed by atoms with Gasteiger partial charge in [0.05, 0.1) is 6.10 Å². The van der Waals surface area contributed by atoms with Gasteiger partial charge in [-0.2, -0.15) is 0 Å². The summed E-state index contributed by atoms with van der Waals surface area (Å²) in [5.74, 6) is 0.183. The zero-order valence-electron chi connectivity index (χ0n) is 9.14. The maximum Gasteiger partial charge on any atom is 0.270 e. The summed E-state index contributed by atoms with van der Waals surface area (Å²) in [6.07, 6.45) is 2.01. The lowest BCUT2D eigenvalue weighted by Crippen LogP contribution is -2.47. The molecule has 3 N–H and O–H groups in total. The second-order valence-corrected chi connectivity index (χ2v) is 3.95. The van der Waals surface area contributed by atoms with Gasteiger partial charge in [-0.25, -0.2) is 4.98 Å². The SMILES string of the molecule is COC1CC(NC(=O)c2cccc(N)n2)C1. The average molecular weight is 221 g/mol. The lowest BCUT2D eigenvalue weighted by molar-refractivity contribution is 0.0175. The highest BCUT2D eigenvalue weighted by Crippen LogP contribution is 2.22. The number of carbonyl (C=O) groups is 1. The first-order chi connectivity index (χ1) is 7.69. The Morgan fingerprint density at radius 3 is 2.94 bits per heavy atom. The van der Waals surface area contributed by atoms with E-state index in [0.29, 0.717) is 11.5 Å². The third kappa shape index (κ3) is 2.30. The highest BCUT2D eigenvalue weighted by molar-refractivity contribution is 5.92. The molecule has 1 amide bonds. The quantitative estimate of drug-likeness (QED) is 0.782. The van der Waals surface area contributed by atoms with Crippen molar-refractivity contribution in [3.63, 3.8) is 0 Å². The monoisotopic (exact) mass is 221 g/mol. The van der Waals surface area contributed by atoms with Crippen molar-refractivity contribution < 1.29 is 9.53 Å². The number of nitrogens with two attached hydrogens (primary N) is 1. The number of nitrogen functional groups attached to an aromatic ring is 1. The predicted octanol–water partition coefficient (Wildman–Crippen LogP) is 0.571. The van der Waals surface area contributed by atoms with Crippen LogP contribution in [0.5, 0.6) is 0 Å². The molecule has 5 nitrogen and oxygen atoms in total. The van der Waals surface area contributed by atoms with E-state index in [9.17, 15) is 4.79 Å². The molecule has 0 spiro atoms. The molecule has 1 aromatic rings. The van der Waals surface area contributed by atoms with Gasteiger partial charge in [-0.05, 0) is 25.0 Å². The van der Waals surface area contributed by atoms with Crippen LogP contribution in [-0.4, -0.2) is 30.1 Å². The van der Waals surface area contributed by atoms with Crippen molar-refractivity contribution in [2.75, 3.05) is 12.8 Å². The van der Waals surface area contributed by atoms with E-state index in [-0.39, 0.29) is 18.1 Å². The van der Waals surface area contributed by atoms with Gasteiger partial charge in [0.1, 0.15) is 11.5 Å².